The van der Waals surface area contributed by atoms with Crippen molar-refractivity contribution in [2.75, 3.05) is 19.6 Å². The average Bonchev–Trinajstić information content (AvgIpc) is 2.43. The molecule has 110 valence electrons. The highest BCUT2D eigenvalue weighted by molar-refractivity contribution is 5.14. The van der Waals surface area contributed by atoms with Gasteiger partial charge in [-0.15, -0.1) is 0 Å². The van der Waals surface area contributed by atoms with Crippen LogP contribution < -0.4 is 5.73 Å². The van der Waals surface area contributed by atoms with Crippen LogP contribution in [0.25, 0.3) is 0 Å². The van der Waals surface area contributed by atoms with Crippen molar-refractivity contribution in [1.82, 2.24) is 4.90 Å². The van der Waals surface area contributed by atoms with Crippen LogP contribution in [0.4, 0.5) is 0 Å². The van der Waals surface area contributed by atoms with E-state index in [1.165, 1.54) is 25.7 Å². The predicted octanol–water partition coefficient (Wildman–Crippen LogP) is 2.49. The van der Waals surface area contributed by atoms with Gasteiger partial charge in [-0.2, -0.15) is 0 Å². The zero-order valence-electron chi connectivity index (χ0n) is 12.6. The van der Waals surface area contributed by atoms with Crippen LogP contribution in [0.2, 0.25) is 0 Å². The third-order valence-electron chi connectivity index (χ3n) is 6.43. The Morgan fingerprint density at radius 3 is 2.10 bits per heavy atom. The lowest BCUT2D eigenvalue weighted by atomic mass is 9.52. The van der Waals surface area contributed by atoms with Crippen molar-refractivity contribution < 1.29 is 0 Å². The van der Waals surface area contributed by atoms with Crippen LogP contribution >= 0.6 is 0 Å². The summed E-state index contributed by atoms with van der Waals surface area (Å²) in [5.41, 5.74) is 5.96. The largest absolute Gasteiger partial charge is 0.328 e. The first-order valence-electron chi connectivity index (χ1n) is 8.74. The summed E-state index contributed by atoms with van der Waals surface area (Å²) in [5, 5.41) is 0. The van der Waals surface area contributed by atoms with E-state index in [2.05, 4.69) is 16.7 Å². The van der Waals surface area contributed by atoms with Crippen LogP contribution in [0.3, 0.4) is 0 Å². The lowest BCUT2D eigenvalue weighted by Crippen LogP contribution is -2.44. The predicted molar refractivity (Wildman–Crippen MR) is 82.0 cm³/mol. The highest BCUT2D eigenvalue weighted by Crippen LogP contribution is 2.56. The number of likely N-dealkylation sites (tertiary alicyclic amines) is 1. The molecule has 0 aromatic carbocycles. The second-order valence-corrected chi connectivity index (χ2v) is 7.89. The van der Waals surface area contributed by atoms with Crippen molar-refractivity contribution in [2.24, 2.45) is 35.3 Å². The quantitative estimate of drug-likeness (QED) is 0.743. The fraction of sp³-hybridized carbons (Fsp3) is 0.889. The van der Waals surface area contributed by atoms with E-state index in [0.29, 0.717) is 6.04 Å². The number of piperidine rings is 1. The Bertz CT molecular complexity index is 383. The van der Waals surface area contributed by atoms with Crippen LogP contribution in [0, 0.1) is 41.4 Å². The molecule has 1 heterocycles. The van der Waals surface area contributed by atoms with E-state index in [4.69, 9.17) is 5.73 Å². The van der Waals surface area contributed by atoms with E-state index >= 15 is 0 Å². The second kappa shape index (κ2) is 5.35. The van der Waals surface area contributed by atoms with Gasteiger partial charge in [-0.3, -0.25) is 4.90 Å². The van der Waals surface area contributed by atoms with Gasteiger partial charge in [0.05, 0.1) is 6.54 Å². The van der Waals surface area contributed by atoms with Crippen molar-refractivity contribution in [3.05, 3.63) is 0 Å². The number of nitrogens with two attached hydrogens (primary N) is 1. The van der Waals surface area contributed by atoms with Crippen LogP contribution in [-0.4, -0.2) is 30.6 Å². The molecule has 4 saturated carbocycles. The Labute approximate surface area is 123 Å². The van der Waals surface area contributed by atoms with Gasteiger partial charge in [0.2, 0.25) is 0 Å². The first-order valence-corrected chi connectivity index (χ1v) is 8.74. The lowest BCUT2D eigenvalue weighted by molar-refractivity contribution is -0.0123. The highest BCUT2D eigenvalue weighted by Gasteiger charge is 2.47. The number of nitrogens with zero attached hydrogens (tertiary/aromatic N) is 1. The molecular weight excluding hydrogens is 244 g/mol. The molecule has 5 fully saturated rings. The molecule has 5 rings (SSSR count). The number of hydrogen-bond acceptors (Lipinski definition) is 2. The summed E-state index contributed by atoms with van der Waals surface area (Å²) in [5.74, 6) is 12.0. The van der Waals surface area contributed by atoms with Gasteiger partial charge in [0.25, 0.3) is 0 Å². The standard InChI is InChI=1S/C18H28N2/c19-17-3-6-20(7-4-17)5-1-2-18-15-9-13-8-14(11-15)12-16(18)10-13/h13-18H,3-12,19H2. The average molecular weight is 272 g/mol. The summed E-state index contributed by atoms with van der Waals surface area (Å²) < 4.78 is 0. The molecule has 2 N–H and O–H groups in total. The second-order valence-electron chi connectivity index (χ2n) is 7.89. The molecule has 4 bridgehead atoms. The Kier molecular flexibility index (Phi) is 3.52. The molecule has 4 aliphatic carbocycles. The maximum atomic E-state index is 5.96. The Balaban J connectivity index is 1.34. The Morgan fingerprint density at radius 2 is 1.50 bits per heavy atom. The van der Waals surface area contributed by atoms with E-state index in [-0.39, 0.29) is 0 Å². The minimum absolute atomic E-state index is 0.434. The minimum atomic E-state index is 0.434. The summed E-state index contributed by atoms with van der Waals surface area (Å²) in [6.45, 7) is 3.28. The van der Waals surface area contributed by atoms with Crippen molar-refractivity contribution in [1.29, 1.82) is 0 Å². The summed E-state index contributed by atoms with van der Waals surface area (Å²) in [7, 11) is 0. The van der Waals surface area contributed by atoms with E-state index in [1.54, 1.807) is 6.42 Å². The summed E-state index contributed by atoms with van der Waals surface area (Å²) in [4.78, 5) is 2.49. The first kappa shape index (κ1) is 13.2. The summed E-state index contributed by atoms with van der Waals surface area (Å²) >= 11 is 0. The Morgan fingerprint density at radius 1 is 0.900 bits per heavy atom. The van der Waals surface area contributed by atoms with Crippen LogP contribution in [0.15, 0.2) is 0 Å². The van der Waals surface area contributed by atoms with E-state index in [1.807, 2.05) is 0 Å². The van der Waals surface area contributed by atoms with Crippen molar-refractivity contribution in [3.63, 3.8) is 0 Å². The normalized spacial score (nSPS) is 44.4. The molecule has 0 unspecified atom stereocenters. The molecule has 0 atom stereocenters. The molecule has 5 aliphatic rings. The van der Waals surface area contributed by atoms with E-state index in [0.717, 1.165) is 62.1 Å². The van der Waals surface area contributed by atoms with E-state index < -0.39 is 0 Å². The molecule has 0 aromatic rings. The molecular formula is C18H28N2. The van der Waals surface area contributed by atoms with Gasteiger partial charge >= 0.3 is 0 Å². The lowest BCUT2D eigenvalue weighted by Gasteiger charge is -2.53. The topological polar surface area (TPSA) is 29.3 Å². The molecule has 20 heavy (non-hydrogen) atoms. The number of rotatable bonds is 1. The maximum absolute atomic E-state index is 5.96. The SMILES string of the molecule is NC1CCN(CC#CC2C3CC4CC(C3)CC2C4)CC1. The summed E-state index contributed by atoms with van der Waals surface area (Å²) in [6, 6.07) is 0.434. The molecule has 0 aromatic heterocycles. The number of hydrogen-bond donors (Lipinski definition) is 1. The van der Waals surface area contributed by atoms with Crippen molar-refractivity contribution in [3.8, 4) is 11.8 Å². The van der Waals surface area contributed by atoms with Gasteiger partial charge in [0.1, 0.15) is 0 Å². The molecule has 1 aliphatic heterocycles. The van der Waals surface area contributed by atoms with Gasteiger partial charge in [-0.05, 0) is 68.6 Å². The zero-order valence-corrected chi connectivity index (χ0v) is 12.6. The van der Waals surface area contributed by atoms with E-state index in [9.17, 15) is 0 Å². The van der Waals surface area contributed by atoms with Gasteiger partial charge in [-0.25, -0.2) is 0 Å². The molecule has 0 amide bonds. The maximum Gasteiger partial charge on any atom is 0.0601 e. The van der Waals surface area contributed by atoms with Gasteiger partial charge in [0, 0.05) is 25.0 Å². The van der Waals surface area contributed by atoms with Gasteiger partial charge in [-0.1, -0.05) is 11.8 Å². The molecule has 1 saturated heterocycles. The molecule has 2 nitrogen and oxygen atoms in total. The zero-order chi connectivity index (χ0) is 13.5. The van der Waals surface area contributed by atoms with Gasteiger partial charge < -0.3 is 5.73 Å². The third-order valence-corrected chi connectivity index (χ3v) is 6.43. The Hall–Kier alpha value is -0.520. The van der Waals surface area contributed by atoms with Crippen molar-refractivity contribution >= 4 is 0 Å². The smallest absolute Gasteiger partial charge is 0.0601 e. The first-order chi connectivity index (χ1) is 9.78. The fourth-order valence-electron chi connectivity index (χ4n) is 5.55. The van der Waals surface area contributed by atoms with Gasteiger partial charge in [0.15, 0.2) is 0 Å². The van der Waals surface area contributed by atoms with Crippen molar-refractivity contribution in [2.45, 2.75) is 51.0 Å². The monoisotopic (exact) mass is 272 g/mol. The molecule has 2 heteroatoms. The molecule has 0 spiro atoms. The highest BCUT2D eigenvalue weighted by atomic mass is 15.1. The van der Waals surface area contributed by atoms with Crippen LogP contribution in [0.5, 0.6) is 0 Å². The third kappa shape index (κ3) is 2.51. The molecule has 0 radical (unpaired) electrons. The summed E-state index contributed by atoms with van der Waals surface area (Å²) in [6.07, 6.45) is 9.81. The minimum Gasteiger partial charge on any atom is -0.328 e. The van der Waals surface area contributed by atoms with Crippen LogP contribution in [0.1, 0.15) is 44.9 Å². The van der Waals surface area contributed by atoms with Crippen LogP contribution in [-0.2, 0) is 0 Å². The fourth-order valence-corrected chi connectivity index (χ4v) is 5.55.